The Bertz CT molecular complexity index is 904. The van der Waals surface area contributed by atoms with Gasteiger partial charge in [0, 0.05) is 45.7 Å². The molecule has 170 valence electrons. The van der Waals surface area contributed by atoms with Gasteiger partial charge >= 0.3 is 0 Å². The fourth-order valence-electron chi connectivity index (χ4n) is 5.04. The molecule has 32 heavy (non-hydrogen) atoms. The highest BCUT2D eigenvalue weighted by atomic mass is 16.3. The van der Waals surface area contributed by atoms with E-state index in [2.05, 4.69) is 27.3 Å². The van der Waals surface area contributed by atoms with E-state index < -0.39 is 5.60 Å². The number of amides is 1. The predicted octanol–water partition coefficient (Wildman–Crippen LogP) is 2.98. The van der Waals surface area contributed by atoms with Crippen molar-refractivity contribution >= 4 is 11.9 Å². The van der Waals surface area contributed by atoms with Crippen LogP contribution in [0.25, 0.3) is 0 Å². The lowest BCUT2D eigenvalue weighted by atomic mass is 9.79. The Kier molecular flexibility index (Phi) is 7.10. The first-order valence-corrected chi connectivity index (χ1v) is 11.7. The highest BCUT2D eigenvalue weighted by molar-refractivity contribution is 5.87. The first-order valence-electron chi connectivity index (χ1n) is 11.7. The number of hydrogen-bond acceptors (Lipinski definition) is 3. The monoisotopic (exact) mass is 434 g/mol. The van der Waals surface area contributed by atoms with E-state index in [-0.39, 0.29) is 11.8 Å². The lowest BCUT2D eigenvalue weighted by Crippen LogP contribution is -2.58. The van der Waals surface area contributed by atoms with Gasteiger partial charge in [0.2, 0.25) is 0 Å². The van der Waals surface area contributed by atoms with Gasteiger partial charge in [-0.1, -0.05) is 73.5 Å². The summed E-state index contributed by atoms with van der Waals surface area (Å²) in [7, 11) is 1.79. The topological polar surface area (TPSA) is 68.2 Å². The molecule has 1 aliphatic carbocycles. The van der Waals surface area contributed by atoms with Crippen LogP contribution in [0.2, 0.25) is 0 Å². The molecule has 0 unspecified atom stereocenters. The molecule has 1 saturated heterocycles. The van der Waals surface area contributed by atoms with Gasteiger partial charge in [-0.2, -0.15) is 0 Å². The molecule has 0 aromatic heterocycles. The summed E-state index contributed by atoms with van der Waals surface area (Å²) < 4.78 is 0. The molecule has 0 bridgehead atoms. The van der Waals surface area contributed by atoms with E-state index in [0.29, 0.717) is 32.7 Å². The number of aliphatic hydroxyl groups is 1. The second-order valence-electron chi connectivity index (χ2n) is 8.78. The Morgan fingerprint density at radius 2 is 1.53 bits per heavy atom. The molecule has 2 N–H and O–H groups in total. The number of carbonyl (C=O) groups excluding carboxylic acids is 1. The van der Waals surface area contributed by atoms with Crippen LogP contribution in [0.4, 0.5) is 0 Å². The molecule has 2 fully saturated rings. The number of carbonyl (C=O) groups is 1. The van der Waals surface area contributed by atoms with Crippen molar-refractivity contribution in [2.45, 2.75) is 37.8 Å². The molecule has 0 spiro atoms. The number of rotatable bonds is 5. The molecule has 1 aliphatic heterocycles. The zero-order valence-corrected chi connectivity index (χ0v) is 18.9. The Morgan fingerprint density at radius 3 is 2.12 bits per heavy atom. The van der Waals surface area contributed by atoms with Gasteiger partial charge in [-0.15, -0.1) is 0 Å². The highest BCUT2D eigenvalue weighted by Gasteiger charge is 2.48. The minimum atomic E-state index is -1.44. The summed E-state index contributed by atoms with van der Waals surface area (Å²) in [6, 6.07) is 19.8. The van der Waals surface area contributed by atoms with Crippen molar-refractivity contribution in [3.8, 4) is 0 Å². The van der Waals surface area contributed by atoms with Crippen molar-refractivity contribution in [3.05, 3.63) is 71.8 Å². The summed E-state index contributed by atoms with van der Waals surface area (Å²) in [5.74, 6) is 0.674. The first kappa shape index (κ1) is 22.3. The van der Waals surface area contributed by atoms with E-state index in [4.69, 9.17) is 0 Å². The van der Waals surface area contributed by atoms with Crippen LogP contribution < -0.4 is 5.32 Å². The molecule has 1 saturated carbocycles. The number of aliphatic imine (C=N–C) groups is 1. The standard InChI is InChI=1S/C26H34N4O2/c1-27-25(28-20-21-10-4-2-5-11-21)30-18-16-29(17-19-30)24(31)26(32,23-14-8-9-15-23)22-12-6-3-7-13-22/h2-7,10-13,23,32H,8-9,14-20H2,1H3,(H,27,28)/t26-/m0/s1. The van der Waals surface area contributed by atoms with Crippen LogP contribution in [0.1, 0.15) is 36.8 Å². The summed E-state index contributed by atoms with van der Waals surface area (Å²) in [6.07, 6.45) is 3.94. The lowest BCUT2D eigenvalue weighted by molar-refractivity contribution is -0.160. The number of nitrogens with zero attached hydrogens (tertiary/aromatic N) is 3. The van der Waals surface area contributed by atoms with Crippen LogP contribution in [-0.2, 0) is 16.9 Å². The van der Waals surface area contributed by atoms with Crippen LogP contribution in [-0.4, -0.2) is 60.0 Å². The van der Waals surface area contributed by atoms with Crippen molar-refractivity contribution in [1.82, 2.24) is 15.1 Å². The summed E-state index contributed by atoms with van der Waals surface area (Å²) >= 11 is 0. The van der Waals surface area contributed by atoms with Crippen molar-refractivity contribution < 1.29 is 9.90 Å². The minimum Gasteiger partial charge on any atom is -0.375 e. The van der Waals surface area contributed by atoms with Crippen LogP contribution in [0, 0.1) is 5.92 Å². The van der Waals surface area contributed by atoms with E-state index in [1.54, 1.807) is 7.05 Å². The van der Waals surface area contributed by atoms with E-state index in [9.17, 15) is 9.90 Å². The Hall–Kier alpha value is -2.86. The zero-order valence-electron chi connectivity index (χ0n) is 18.9. The average Bonchev–Trinajstić information content (AvgIpc) is 3.41. The van der Waals surface area contributed by atoms with Crippen LogP contribution in [0.3, 0.4) is 0 Å². The highest BCUT2D eigenvalue weighted by Crippen LogP contribution is 2.42. The summed E-state index contributed by atoms with van der Waals surface area (Å²) in [5, 5.41) is 15.2. The third kappa shape index (κ3) is 4.65. The van der Waals surface area contributed by atoms with Gasteiger partial charge < -0.3 is 20.2 Å². The molecular formula is C26H34N4O2. The van der Waals surface area contributed by atoms with Gasteiger partial charge in [0.15, 0.2) is 11.6 Å². The number of benzene rings is 2. The Morgan fingerprint density at radius 1 is 0.969 bits per heavy atom. The quantitative estimate of drug-likeness (QED) is 0.561. The van der Waals surface area contributed by atoms with Crippen molar-refractivity contribution in [2.75, 3.05) is 33.2 Å². The van der Waals surface area contributed by atoms with Crippen molar-refractivity contribution in [3.63, 3.8) is 0 Å². The van der Waals surface area contributed by atoms with E-state index in [1.807, 2.05) is 53.4 Å². The summed E-state index contributed by atoms with van der Waals surface area (Å²) in [4.78, 5) is 22.1. The van der Waals surface area contributed by atoms with E-state index in [0.717, 1.165) is 37.2 Å². The molecule has 2 aromatic rings. The molecule has 1 heterocycles. The van der Waals surface area contributed by atoms with Crippen molar-refractivity contribution in [2.24, 2.45) is 10.9 Å². The van der Waals surface area contributed by atoms with Crippen molar-refractivity contribution in [1.29, 1.82) is 0 Å². The van der Waals surface area contributed by atoms with Crippen LogP contribution >= 0.6 is 0 Å². The molecule has 6 heteroatoms. The first-order chi connectivity index (χ1) is 15.6. The number of piperazine rings is 1. The van der Waals surface area contributed by atoms with Gasteiger partial charge in [-0.05, 0) is 24.0 Å². The number of hydrogen-bond donors (Lipinski definition) is 2. The smallest absolute Gasteiger partial charge is 0.259 e. The van der Waals surface area contributed by atoms with Crippen LogP contribution in [0.15, 0.2) is 65.7 Å². The van der Waals surface area contributed by atoms with Gasteiger partial charge in [0.05, 0.1) is 0 Å². The summed E-state index contributed by atoms with van der Waals surface area (Å²) in [6.45, 7) is 3.24. The number of nitrogens with one attached hydrogen (secondary N) is 1. The average molecular weight is 435 g/mol. The molecule has 6 nitrogen and oxygen atoms in total. The molecule has 2 aliphatic rings. The van der Waals surface area contributed by atoms with Gasteiger partial charge in [0.1, 0.15) is 0 Å². The molecule has 4 rings (SSSR count). The van der Waals surface area contributed by atoms with Gasteiger partial charge in [0.25, 0.3) is 5.91 Å². The molecule has 2 aromatic carbocycles. The van der Waals surface area contributed by atoms with E-state index in [1.165, 1.54) is 5.56 Å². The summed E-state index contributed by atoms with van der Waals surface area (Å²) in [5.41, 5.74) is 0.485. The Labute approximate surface area is 191 Å². The minimum absolute atomic E-state index is 0.0178. The third-order valence-electron chi connectivity index (χ3n) is 6.86. The fraction of sp³-hybridized carbons (Fsp3) is 0.462. The second kappa shape index (κ2) is 10.2. The molecule has 1 atom stereocenters. The maximum Gasteiger partial charge on any atom is 0.259 e. The largest absolute Gasteiger partial charge is 0.375 e. The fourth-order valence-corrected chi connectivity index (χ4v) is 5.04. The maximum atomic E-state index is 13.7. The van der Waals surface area contributed by atoms with Gasteiger partial charge in [-0.3, -0.25) is 9.79 Å². The predicted molar refractivity (Wildman–Crippen MR) is 127 cm³/mol. The zero-order chi connectivity index (χ0) is 22.4. The molecular weight excluding hydrogens is 400 g/mol. The number of guanidine groups is 1. The Balaban J connectivity index is 1.41. The molecule has 1 amide bonds. The normalized spacial score (nSPS) is 19.6. The maximum absolute atomic E-state index is 13.7. The molecule has 0 radical (unpaired) electrons. The lowest BCUT2D eigenvalue weighted by Gasteiger charge is -2.42. The SMILES string of the molecule is CN=C(NCc1ccccc1)N1CCN(C(=O)[C@](O)(c2ccccc2)C2CCCC2)CC1. The van der Waals surface area contributed by atoms with Crippen LogP contribution in [0.5, 0.6) is 0 Å². The van der Waals surface area contributed by atoms with E-state index >= 15 is 0 Å². The second-order valence-corrected chi connectivity index (χ2v) is 8.78. The van der Waals surface area contributed by atoms with Gasteiger partial charge in [-0.25, -0.2) is 0 Å². The third-order valence-corrected chi connectivity index (χ3v) is 6.86.